The maximum Gasteiger partial charge on any atom is 0.407 e. The van der Waals surface area contributed by atoms with Crippen LogP contribution in [0.15, 0.2) is 60.7 Å². The van der Waals surface area contributed by atoms with Gasteiger partial charge in [-0.15, -0.1) is 0 Å². The zero-order chi connectivity index (χ0) is 38.0. The molecule has 2 amide bonds. The van der Waals surface area contributed by atoms with Crippen LogP contribution < -0.4 is 10.6 Å². The first-order chi connectivity index (χ1) is 25.3. The normalized spacial score (nSPS) is 32.2. The number of fused-ring (bicyclic) bond motifs is 4. The summed E-state index contributed by atoms with van der Waals surface area (Å²) in [4.78, 5) is 25.7. The molecule has 3 saturated heterocycles. The van der Waals surface area contributed by atoms with Crippen molar-refractivity contribution in [3.8, 4) is 11.1 Å². The summed E-state index contributed by atoms with van der Waals surface area (Å²) in [5.74, 6) is -1.31. The van der Waals surface area contributed by atoms with E-state index in [-0.39, 0.29) is 43.6 Å². The van der Waals surface area contributed by atoms with Gasteiger partial charge in [-0.1, -0.05) is 88.4 Å². The van der Waals surface area contributed by atoms with E-state index in [1.54, 1.807) is 6.92 Å². The van der Waals surface area contributed by atoms with E-state index in [2.05, 4.69) is 22.8 Å². The lowest BCUT2D eigenvalue weighted by atomic mass is 9.86. The standard InChI is InChI=1S/C40H54N2O11/c1-21(2)15-16-24(17-31-33-32(52-39(47)41-33)19-40(48-6,53-31)18-30(43)22(3)4)51-37-36(45)34(35(44)23(5)50-37)42-38(46)49-20-29-27-13-9-7-11-25(27)26-12-8-10-14-28(26)29/h7-16,21-24,29-37,43-45H,17-20H2,1-6H3,(H,41,47)(H,42,46)/b16-15+/t23?,24-,30+,31-,32-,33-,34?,35?,36?,37?,40+/m0/s1. The summed E-state index contributed by atoms with van der Waals surface area (Å²) in [5.41, 5.74) is 4.32. The van der Waals surface area contributed by atoms with Gasteiger partial charge in [0.15, 0.2) is 12.1 Å². The van der Waals surface area contributed by atoms with Crippen molar-refractivity contribution < 1.29 is 53.3 Å². The van der Waals surface area contributed by atoms with E-state index in [9.17, 15) is 24.9 Å². The Morgan fingerprint density at radius 2 is 1.70 bits per heavy atom. The quantitative estimate of drug-likeness (QED) is 0.185. The van der Waals surface area contributed by atoms with Crippen molar-refractivity contribution >= 4 is 12.2 Å². The van der Waals surface area contributed by atoms with Crippen molar-refractivity contribution in [3.05, 3.63) is 71.8 Å². The first kappa shape index (κ1) is 39.1. The van der Waals surface area contributed by atoms with Gasteiger partial charge in [0.05, 0.1) is 36.5 Å². The zero-order valence-corrected chi connectivity index (χ0v) is 31.2. The number of carbonyl (C=O) groups is 2. The van der Waals surface area contributed by atoms with Gasteiger partial charge in [0.1, 0.15) is 24.9 Å². The topological polar surface area (TPSA) is 174 Å². The Balaban J connectivity index is 1.15. The highest BCUT2D eigenvalue weighted by Crippen LogP contribution is 2.45. The number of allylic oxidation sites excluding steroid dienone is 1. The summed E-state index contributed by atoms with van der Waals surface area (Å²) in [7, 11) is 1.50. The van der Waals surface area contributed by atoms with E-state index in [0.29, 0.717) is 0 Å². The minimum absolute atomic E-state index is 0.0617. The van der Waals surface area contributed by atoms with Crippen LogP contribution in [0.4, 0.5) is 9.59 Å². The molecule has 0 saturated carbocycles. The molecule has 1 aliphatic carbocycles. The van der Waals surface area contributed by atoms with Crippen LogP contribution in [0.2, 0.25) is 0 Å². The molecular weight excluding hydrogens is 684 g/mol. The Bertz CT molecular complexity index is 1570. The second-order valence-corrected chi connectivity index (χ2v) is 15.3. The Morgan fingerprint density at radius 1 is 1.04 bits per heavy atom. The number of aliphatic hydroxyl groups is 3. The van der Waals surface area contributed by atoms with Crippen molar-refractivity contribution in [2.75, 3.05) is 13.7 Å². The fraction of sp³-hybridized carbons (Fsp3) is 0.600. The lowest BCUT2D eigenvalue weighted by Crippen LogP contribution is -2.64. The van der Waals surface area contributed by atoms with Crippen molar-refractivity contribution in [1.82, 2.24) is 10.6 Å². The van der Waals surface area contributed by atoms with E-state index >= 15 is 0 Å². The summed E-state index contributed by atoms with van der Waals surface area (Å²) < 4.78 is 36.2. The highest BCUT2D eigenvalue weighted by Gasteiger charge is 2.54. The van der Waals surface area contributed by atoms with E-state index in [4.69, 9.17) is 28.4 Å². The molecule has 0 aromatic heterocycles. The zero-order valence-electron chi connectivity index (χ0n) is 31.2. The third-order valence-corrected chi connectivity index (χ3v) is 10.8. The van der Waals surface area contributed by atoms with E-state index in [1.807, 2.05) is 76.2 Å². The molecule has 5 N–H and O–H groups in total. The van der Waals surface area contributed by atoms with Gasteiger partial charge in [-0.05, 0) is 41.0 Å². The molecule has 13 nitrogen and oxygen atoms in total. The smallest absolute Gasteiger partial charge is 0.407 e. The van der Waals surface area contributed by atoms with Crippen LogP contribution in [0.5, 0.6) is 0 Å². The largest absolute Gasteiger partial charge is 0.449 e. The number of alkyl carbamates (subject to hydrolysis) is 2. The van der Waals surface area contributed by atoms with Crippen LogP contribution in [0.3, 0.4) is 0 Å². The average Bonchev–Trinajstić information content (AvgIpc) is 3.66. The number of ether oxygens (including phenoxy) is 6. The first-order valence-corrected chi connectivity index (χ1v) is 18.6. The number of carbonyl (C=O) groups excluding carboxylic acids is 2. The van der Waals surface area contributed by atoms with Gasteiger partial charge in [0.2, 0.25) is 0 Å². The van der Waals surface area contributed by atoms with Gasteiger partial charge in [-0.2, -0.15) is 0 Å². The number of rotatable bonds is 13. The lowest BCUT2D eigenvalue weighted by molar-refractivity contribution is -0.307. The molecule has 0 spiro atoms. The molecule has 290 valence electrons. The second kappa shape index (κ2) is 16.4. The number of aliphatic hydroxyl groups excluding tert-OH is 3. The minimum atomic E-state index is -1.48. The maximum absolute atomic E-state index is 13.3. The van der Waals surface area contributed by atoms with E-state index < -0.39 is 79.1 Å². The molecule has 53 heavy (non-hydrogen) atoms. The molecule has 11 atom stereocenters. The van der Waals surface area contributed by atoms with Crippen LogP contribution in [0.25, 0.3) is 11.1 Å². The molecule has 13 heteroatoms. The van der Waals surface area contributed by atoms with E-state index in [0.717, 1.165) is 22.3 Å². The third kappa shape index (κ3) is 8.57. The third-order valence-electron chi connectivity index (χ3n) is 10.8. The Kier molecular flexibility index (Phi) is 12.1. The van der Waals surface area contributed by atoms with Crippen LogP contribution in [-0.2, 0) is 28.4 Å². The number of hydrogen-bond acceptors (Lipinski definition) is 11. The van der Waals surface area contributed by atoms with Crippen LogP contribution >= 0.6 is 0 Å². The molecule has 2 aromatic carbocycles. The summed E-state index contributed by atoms with van der Waals surface area (Å²) in [6.45, 7) is 9.51. The van der Waals surface area contributed by atoms with Crippen molar-refractivity contribution in [2.45, 2.75) is 127 Å². The number of nitrogens with one attached hydrogen (secondary N) is 2. The van der Waals surface area contributed by atoms with E-state index in [1.165, 1.54) is 7.11 Å². The summed E-state index contributed by atoms with van der Waals surface area (Å²) in [6.07, 6.45) is -4.56. The molecule has 2 aromatic rings. The molecule has 6 rings (SSSR count). The van der Waals surface area contributed by atoms with Gasteiger partial charge >= 0.3 is 12.2 Å². The van der Waals surface area contributed by atoms with Gasteiger partial charge in [-0.3, -0.25) is 0 Å². The number of benzene rings is 2. The van der Waals surface area contributed by atoms with Crippen LogP contribution in [0, 0.1) is 11.8 Å². The lowest BCUT2D eigenvalue weighted by Gasteiger charge is -2.46. The van der Waals surface area contributed by atoms with Gasteiger partial charge in [0.25, 0.3) is 0 Å². The molecule has 0 radical (unpaired) electrons. The highest BCUT2D eigenvalue weighted by atomic mass is 16.7. The van der Waals surface area contributed by atoms with Crippen molar-refractivity contribution in [2.24, 2.45) is 11.8 Å². The van der Waals surface area contributed by atoms with Gasteiger partial charge in [0, 0.05) is 32.3 Å². The minimum Gasteiger partial charge on any atom is -0.449 e. The fourth-order valence-corrected chi connectivity index (χ4v) is 7.80. The molecule has 3 aliphatic heterocycles. The number of hydrogen-bond donors (Lipinski definition) is 5. The Hall–Kier alpha value is -3.56. The molecule has 5 unspecified atom stereocenters. The van der Waals surface area contributed by atoms with Crippen LogP contribution in [0.1, 0.15) is 70.9 Å². The summed E-state index contributed by atoms with van der Waals surface area (Å²) in [5, 5.41) is 38.9. The summed E-state index contributed by atoms with van der Waals surface area (Å²) in [6, 6.07) is 14.3. The average molecular weight is 739 g/mol. The Labute approximate surface area is 310 Å². The van der Waals surface area contributed by atoms with Gasteiger partial charge < -0.3 is 54.4 Å². The highest BCUT2D eigenvalue weighted by molar-refractivity contribution is 5.79. The SMILES string of the molecule is CO[C@@]1(C[C@@H](O)C(C)C)C[C@@H]2OC(=O)N[C@H]2[C@H](C[C@H](/C=C/C(C)C)OC2OC(C)C(O)C(NC(=O)OCC3c4ccccc4-c4ccccc43)C2O)O1. The summed E-state index contributed by atoms with van der Waals surface area (Å²) >= 11 is 0. The van der Waals surface area contributed by atoms with Gasteiger partial charge in [-0.25, -0.2) is 9.59 Å². The molecule has 4 aliphatic rings. The molecule has 3 heterocycles. The number of amides is 2. The monoisotopic (exact) mass is 738 g/mol. The first-order valence-electron chi connectivity index (χ1n) is 18.6. The second-order valence-electron chi connectivity index (χ2n) is 15.3. The van der Waals surface area contributed by atoms with Crippen molar-refractivity contribution in [3.63, 3.8) is 0 Å². The van der Waals surface area contributed by atoms with Crippen molar-refractivity contribution in [1.29, 1.82) is 0 Å². The molecular formula is C40H54N2O11. The molecule has 3 fully saturated rings. The Morgan fingerprint density at radius 3 is 2.32 bits per heavy atom. The predicted octanol–water partition coefficient (Wildman–Crippen LogP) is 4.36. The maximum atomic E-state index is 13.3. The fourth-order valence-electron chi connectivity index (χ4n) is 7.80. The number of methoxy groups -OCH3 is 1. The van der Waals surface area contributed by atoms with Crippen LogP contribution in [-0.4, -0.2) is 108 Å². The predicted molar refractivity (Wildman–Crippen MR) is 194 cm³/mol. The molecule has 0 bridgehead atoms.